The summed E-state index contributed by atoms with van der Waals surface area (Å²) < 4.78 is 31.5. The Labute approximate surface area is 134 Å². The minimum Gasteiger partial charge on any atom is -0.496 e. The molecule has 0 unspecified atom stereocenters. The van der Waals surface area contributed by atoms with E-state index in [2.05, 4.69) is 0 Å². The van der Waals surface area contributed by atoms with Gasteiger partial charge < -0.3 is 4.74 Å². The maximum Gasteiger partial charge on any atom is 0.289 e. The molecule has 23 heavy (non-hydrogen) atoms. The van der Waals surface area contributed by atoms with Gasteiger partial charge in [0, 0.05) is 25.2 Å². The zero-order valence-corrected chi connectivity index (χ0v) is 13.5. The number of sulfonamides is 1. The van der Waals surface area contributed by atoms with Crippen molar-refractivity contribution in [2.45, 2.75) is 11.4 Å². The molecule has 0 saturated heterocycles. The van der Waals surface area contributed by atoms with E-state index in [-0.39, 0.29) is 11.4 Å². The smallest absolute Gasteiger partial charge is 0.289 e. The molecule has 0 saturated carbocycles. The van der Waals surface area contributed by atoms with Gasteiger partial charge in [-0.25, -0.2) is 8.42 Å². The number of ether oxygens (including phenoxy) is 1. The SMILES string of the molecule is COc1ccccc1CN(C)S(=O)(=O)c1ccccc1[N+](=O)[O-]. The molecule has 2 rings (SSSR count). The normalized spacial score (nSPS) is 11.4. The maximum absolute atomic E-state index is 12.6. The highest BCUT2D eigenvalue weighted by Crippen LogP contribution is 2.27. The molecule has 0 atom stereocenters. The summed E-state index contributed by atoms with van der Waals surface area (Å²) in [7, 11) is -1.13. The molecule has 0 heterocycles. The topological polar surface area (TPSA) is 89.8 Å². The minimum absolute atomic E-state index is 0.0401. The first kappa shape index (κ1) is 16.9. The summed E-state index contributed by atoms with van der Waals surface area (Å²) in [5, 5.41) is 11.1. The van der Waals surface area contributed by atoms with Crippen molar-refractivity contribution in [3.63, 3.8) is 0 Å². The van der Waals surface area contributed by atoms with E-state index in [4.69, 9.17) is 4.74 Å². The van der Waals surface area contributed by atoms with Crippen LogP contribution in [-0.2, 0) is 16.6 Å². The van der Waals surface area contributed by atoms with Crippen LogP contribution in [0.25, 0.3) is 0 Å². The quantitative estimate of drug-likeness (QED) is 0.597. The van der Waals surface area contributed by atoms with E-state index in [1.165, 1.54) is 38.4 Å². The van der Waals surface area contributed by atoms with Crippen molar-refractivity contribution in [1.82, 2.24) is 4.31 Å². The molecule has 0 aliphatic carbocycles. The zero-order valence-electron chi connectivity index (χ0n) is 12.7. The van der Waals surface area contributed by atoms with Crippen molar-refractivity contribution in [1.29, 1.82) is 0 Å². The van der Waals surface area contributed by atoms with Crippen LogP contribution in [0, 0.1) is 10.1 Å². The number of nitrogens with zero attached hydrogens (tertiary/aromatic N) is 2. The molecule has 7 nitrogen and oxygen atoms in total. The van der Waals surface area contributed by atoms with Crippen LogP contribution in [0.2, 0.25) is 0 Å². The number of benzene rings is 2. The monoisotopic (exact) mass is 336 g/mol. The summed E-state index contributed by atoms with van der Waals surface area (Å²) in [4.78, 5) is 10.0. The fraction of sp³-hybridized carbons (Fsp3) is 0.200. The Morgan fingerprint density at radius 3 is 2.39 bits per heavy atom. The lowest BCUT2D eigenvalue weighted by Gasteiger charge is -2.18. The van der Waals surface area contributed by atoms with Gasteiger partial charge in [-0.1, -0.05) is 30.3 Å². The van der Waals surface area contributed by atoms with Crippen LogP contribution in [0.4, 0.5) is 5.69 Å². The molecule has 0 aliphatic rings. The van der Waals surface area contributed by atoms with Gasteiger partial charge in [-0.05, 0) is 12.1 Å². The molecule has 2 aromatic carbocycles. The van der Waals surface area contributed by atoms with Gasteiger partial charge in [-0.15, -0.1) is 0 Å². The van der Waals surface area contributed by atoms with Crippen molar-refractivity contribution >= 4 is 15.7 Å². The Kier molecular flexibility index (Phi) is 4.97. The second-order valence-corrected chi connectivity index (χ2v) is 6.81. The number of nitro benzene ring substituents is 1. The number of nitro groups is 1. The van der Waals surface area contributed by atoms with Crippen LogP contribution in [0.1, 0.15) is 5.56 Å². The van der Waals surface area contributed by atoms with Gasteiger partial charge in [-0.2, -0.15) is 4.31 Å². The lowest BCUT2D eigenvalue weighted by atomic mass is 10.2. The Balaban J connectivity index is 2.38. The van der Waals surface area contributed by atoms with E-state index >= 15 is 0 Å². The van der Waals surface area contributed by atoms with Crippen molar-refractivity contribution in [2.24, 2.45) is 0 Å². The van der Waals surface area contributed by atoms with Gasteiger partial charge in [0.05, 0.1) is 12.0 Å². The predicted octanol–water partition coefficient (Wildman–Crippen LogP) is 2.42. The Morgan fingerprint density at radius 2 is 1.74 bits per heavy atom. The number of methoxy groups -OCH3 is 1. The van der Waals surface area contributed by atoms with E-state index < -0.39 is 20.6 Å². The standard InChI is InChI=1S/C15H16N2O5S/c1-16(11-12-7-3-5-9-14(12)22-2)23(20,21)15-10-6-4-8-13(15)17(18)19/h3-10H,11H2,1-2H3. The number of hydrogen-bond acceptors (Lipinski definition) is 5. The van der Waals surface area contributed by atoms with Crippen LogP contribution in [0.3, 0.4) is 0 Å². The van der Waals surface area contributed by atoms with Crippen LogP contribution in [-0.4, -0.2) is 31.8 Å². The third-order valence-electron chi connectivity index (χ3n) is 3.34. The summed E-state index contributed by atoms with van der Waals surface area (Å²) in [6.07, 6.45) is 0. The van der Waals surface area contributed by atoms with Gasteiger partial charge in [0.15, 0.2) is 4.90 Å². The molecule has 8 heteroatoms. The minimum atomic E-state index is -4.00. The van der Waals surface area contributed by atoms with E-state index in [9.17, 15) is 18.5 Å². The molecular formula is C15H16N2O5S. The number of para-hydroxylation sites is 2. The zero-order chi connectivity index (χ0) is 17.0. The molecule has 0 fully saturated rings. The third-order valence-corrected chi connectivity index (χ3v) is 5.19. The summed E-state index contributed by atoms with van der Waals surface area (Å²) in [6.45, 7) is 0.0401. The highest BCUT2D eigenvalue weighted by Gasteiger charge is 2.29. The second kappa shape index (κ2) is 6.76. The fourth-order valence-electron chi connectivity index (χ4n) is 2.15. The van der Waals surface area contributed by atoms with Crippen molar-refractivity contribution in [3.05, 3.63) is 64.2 Å². The molecule has 0 bridgehead atoms. The average Bonchev–Trinajstić information content (AvgIpc) is 2.55. The highest BCUT2D eigenvalue weighted by atomic mass is 32.2. The fourth-order valence-corrected chi connectivity index (χ4v) is 3.45. The van der Waals surface area contributed by atoms with Crippen LogP contribution in [0.5, 0.6) is 5.75 Å². The molecule has 0 radical (unpaired) electrons. The van der Waals surface area contributed by atoms with Gasteiger partial charge in [0.2, 0.25) is 10.0 Å². The Morgan fingerprint density at radius 1 is 1.13 bits per heavy atom. The average molecular weight is 336 g/mol. The van der Waals surface area contributed by atoms with Crippen LogP contribution >= 0.6 is 0 Å². The first-order valence-electron chi connectivity index (χ1n) is 6.69. The molecule has 0 aliphatic heterocycles. The first-order chi connectivity index (χ1) is 10.9. The van der Waals surface area contributed by atoms with E-state index in [0.29, 0.717) is 11.3 Å². The Hall–Kier alpha value is -2.45. The molecular weight excluding hydrogens is 320 g/mol. The number of hydrogen-bond donors (Lipinski definition) is 0. The molecule has 0 spiro atoms. The van der Waals surface area contributed by atoms with Crippen molar-refractivity contribution < 1.29 is 18.1 Å². The highest BCUT2D eigenvalue weighted by molar-refractivity contribution is 7.89. The molecule has 0 N–H and O–H groups in total. The summed E-state index contributed by atoms with van der Waals surface area (Å²) in [6, 6.07) is 12.3. The summed E-state index contributed by atoms with van der Waals surface area (Å²) >= 11 is 0. The summed E-state index contributed by atoms with van der Waals surface area (Å²) in [5.41, 5.74) is 0.221. The molecule has 0 amide bonds. The molecule has 2 aromatic rings. The van der Waals surface area contributed by atoms with E-state index in [1.807, 2.05) is 0 Å². The predicted molar refractivity (Wildman–Crippen MR) is 84.7 cm³/mol. The molecule has 0 aromatic heterocycles. The van der Waals surface area contributed by atoms with E-state index in [1.54, 1.807) is 24.3 Å². The Bertz CT molecular complexity index is 820. The molecule has 122 valence electrons. The van der Waals surface area contributed by atoms with Gasteiger partial charge in [0.1, 0.15) is 5.75 Å². The van der Waals surface area contributed by atoms with E-state index in [0.717, 1.165) is 4.31 Å². The van der Waals surface area contributed by atoms with Gasteiger partial charge in [-0.3, -0.25) is 10.1 Å². The lowest BCUT2D eigenvalue weighted by Crippen LogP contribution is -2.27. The van der Waals surface area contributed by atoms with Gasteiger partial charge >= 0.3 is 0 Å². The van der Waals surface area contributed by atoms with Crippen LogP contribution < -0.4 is 4.74 Å². The first-order valence-corrected chi connectivity index (χ1v) is 8.13. The maximum atomic E-state index is 12.6. The lowest BCUT2D eigenvalue weighted by molar-refractivity contribution is -0.387. The third kappa shape index (κ3) is 3.49. The summed E-state index contributed by atoms with van der Waals surface area (Å²) in [5.74, 6) is 0.553. The largest absolute Gasteiger partial charge is 0.496 e. The van der Waals surface area contributed by atoms with Crippen LogP contribution in [0.15, 0.2) is 53.4 Å². The second-order valence-electron chi connectivity index (χ2n) is 4.80. The number of rotatable bonds is 6. The van der Waals surface area contributed by atoms with Crippen molar-refractivity contribution in [2.75, 3.05) is 14.2 Å². The van der Waals surface area contributed by atoms with Crippen molar-refractivity contribution in [3.8, 4) is 5.75 Å². The van der Waals surface area contributed by atoms with Gasteiger partial charge in [0.25, 0.3) is 5.69 Å².